The number of carbonyl (C=O) groups is 1. The van der Waals surface area contributed by atoms with Gasteiger partial charge in [-0.25, -0.2) is 4.79 Å². The molecular formula is C18H20O4. The van der Waals surface area contributed by atoms with Gasteiger partial charge in [0.05, 0.1) is 13.7 Å². The number of hydrogen-bond donors (Lipinski definition) is 1. The van der Waals surface area contributed by atoms with Crippen molar-refractivity contribution in [2.75, 3.05) is 13.7 Å². The molecule has 0 aromatic heterocycles. The van der Waals surface area contributed by atoms with Gasteiger partial charge in [0, 0.05) is 11.5 Å². The highest BCUT2D eigenvalue weighted by atomic mass is 16.5. The van der Waals surface area contributed by atoms with E-state index in [0.29, 0.717) is 12.4 Å². The van der Waals surface area contributed by atoms with E-state index in [4.69, 9.17) is 9.47 Å². The molecular weight excluding hydrogens is 280 g/mol. The molecule has 0 fully saturated rings. The second-order valence-corrected chi connectivity index (χ2v) is 4.80. The maximum Gasteiger partial charge on any atom is 0.330 e. The zero-order chi connectivity index (χ0) is 16.1. The van der Waals surface area contributed by atoms with Crippen LogP contribution in [0.25, 0.3) is 16.8 Å². The first-order valence-electron chi connectivity index (χ1n) is 7.28. The number of hydrogen-bond acceptors (Lipinski definition) is 4. The fourth-order valence-corrected chi connectivity index (χ4v) is 2.47. The number of esters is 1. The Labute approximate surface area is 130 Å². The van der Waals surface area contributed by atoms with E-state index in [2.05, 4.69) is 0 Å². The van der Waals surface area contributed by atoms with E-state index < -0.39 is 5.97 Å². The Balaban J connectivity index is 2.63. The van der Waals surface area contributed by atoms with Gasteiger partial charge in [-0.15, -0.1) is 0 Å². The average molecular weight is 300 g/mol. The van der Waals surface area contributed by atoms with Crippen LogP contribution in [-0.2, 0) is 16.0 Å². The summed E-state index contributed by atoms with van der Waals surface area (Å²) in [5.74, 6) is 0.120. The molecule has 4 nitrogen and oxygen atoms in total. The normalized spacial score (nSPS) is 11.0. The molecule has 0 amide bonds. The van der Waals surface area contributed by atoms with Crippen LogP contribution in [0.3, 0.4) is 0 Å². The molecule has 0 aliphatic rings. The molecule has 2 aromatic rings. The lowest BCUT2D eigenvalue weighted by Gasteiger charge is -2.13. The lowest BCUT2D eigenvalue weighted by atomic mass is 9.97. The summed E-state index contributed by atoms with van der Waals surface area (Å²) in [4.78, 5) is 11.5. The largest absolute Gasteiger partial charge is 0.504 e. The third kappa shape index (κ3) is 3.06. The van der Waals surface area contributed by atoms with Crippen molar-refractivity contribution in [3.8, 4) is 11.5 Å². The lowest BCUT2D eigenvalue weighted by Crippen LogP contribution is -1.99. The molecule has 0 radical (unpaired) electrons. The van der Waals surface area contributed by atoms with E-state index >= 15 is 0 Å². The topological polar surface area (TPSA) is 55.8 Å². The Hall–Kier alpha value is -2.49. The third-order valence-electron chi connectivity index (χ3n) is 3.50. The number of phenols is 1. The molecule has 2 rings (SSSR count). The molecule has 0 heterocycles. The van der Waals surface area contributed by atoms with Crippen molar-refractivity contribution in [2.45, 2.75) is 20.3 Å². The fourth-order valence-electron chi connectivity index (χ4n) is 2.47. The van der Waals surface area contributed by atoms with E-state index in [9.17, 15) is 9.90 Å². The molecule has 0 aliphatic heterocycles. The summed E-state index contributed by atoms with van der Waals surface area (Å²) in [6, 6.07) is 7.54. The van der Waals surface area contributed by atoms with E-state index in [-0.39, 0.29) is 5.75 Å². The predicted octanol–water partition coefficient (Wildman–Crippen LogP) is 3.69. The van der Waals surface area contributed by atoms with Crippen LogP contribution in [0, 0.1) is 0 Å². The molecule has 0 bridgehead atoms. The average Bonchev–Trinajstić information content (AvgIpc) is 2.54. The maximum atomic E-state index is 11.5. The van der Waals surface area contributed by atoms with Crippen molar-refractivity contribution in [1.29, 1.82) is 0 Å². The number of phenolic OH excluding ortho intramolecular Hbond substituents is 1. The van der Waals surface area contributed by atoms with Crippen LogP contribution >= 0.6 is 0 Å². The van der Waals surface area contributed by atoms with Crippen LogP contribution in [-0.4, -0.2) is 24.8 Å². The summed E-state index contributed by atoms with van der Waals surface area (Å²) >= 11 is 0. The minimum Gasteiger partial charge on any atom is -0.504 e. The molecule has 0 saturated carbocycles. The van der Waals surface area contributed by atoms with Crippen LogP contribution in [0.5, 0.6) is 11.5 Å². The van der Waals surface area contributed by atoms with Gasteiger partial charge < -0.3 is 14.6 Å². The van der Waals surface area contributed by atoms with Gasteiger partial charge >= 0.3 is 5.97 Å². The Morgan fingerprint density at radius 1 is 1.32 bits per heavy atom. The number of aryl methyl sites for hydroxylation is 1. The Morgan fingerprint density at radius 3 is 2.73 bits per heavy atom. The molecule has 0 atom stereocenters. The summed E-state index contributed by atoms with van der Waals surface area (Å²) in [6.07, 6.45) is 3.86. The van der Waals surface area contributed by atoms with Gasteiger partial charge in [-0.2, -0.15) is 0 Å². The number of fused-ring (bicyclic) bond motifs is 1. The van der Waals surface area contributed by atoms with Crippen molar-refractivity contribution >= 4 is 22.8 Å². The van der Waals surface area contributed by atoms with Crippen molar-refractivity contribution in [2.24, 2.45) is 0 Å². The van der Waals surface area contributed by atoms with E-state index in [1.165, 1.54) is 13.2 Å². The summed E-state index contributed by atoms with van der Waals surface area (Å²) in [7, 11) is 1.51. The number of benzene rings is 2. The monoisotopic (exact) mass is 300 g/mol. The molecule has 0 aliphatic carbocycles. The van der Waals surface area contributed by atoms with Crippen LogP contribution in [0.1, 0.15) is 25.0 Å². The van der Waals surface area contributed by atoms with Crippen LogP contribution in [0.4, 0.5) is 0 Å². The van der Waals surface area contributed by atoms with E-state index in [1.807, 2.05) is 25.1 Å². The summed E-state index contributed by atoms with van der Waals surface area (Å²) < 4.78 is 10.1. The highest BCUT2D eigenvalue weighted by Gasteiger charge is 2.13. The molecule has 0 spiro atoms. The predicted molar refractivity (Wildman–Crippen MR) is 87.2 cm³/mol. The fraction of sp³-hybridized carbons (Fsp3) is 0.278. The zero-order valence-corrected chi connectivity index (χ0v) is 13.1. The van der Waals surface area contributed by atoms with Crippen LogP contribution < -0.4 is 4.74 Å². The standard InChI is InChI=1S/C18H20O4/c1-4-12-7-6-8-14-13(9-10-16(19)22-5-2)11-15(21-3)18(20)17(12)14/h6-11,20H,4-5H2,1-3H3/b10-9+. The molecule has 0 saturated heterocycles. The first kappa shape index (κ1) is 15.9. The highest BCUT2D eigenvalue weighted by Crippen LogP contribution is 2.39. The SMILES string of the molecule is CCOC(=O)/C=C/c1cc(OC)c(O)c2c(CC)cccc12. The van der Waals surface area contributed by atoms with Gasteiger partial charge in [-0.1, -0.05) is 25.1 Å². The van der Waals surface area contributed by atoms with Gasteiger partial charge in [0.1, 0.15) is 0 Å². The first-order valence-corrected chi connectivity index (χ1v) is 7.28. The van der Waals surface area contributed by atoms with Gasteiger partial charge in [0.15, 0.2) is 11.5 Å². The zero-order valence-electron chi connectivity index (χ0n) is 13.1. The van der Waals surface area contributed by atoms with Gasteiger partial charge in [0.25, 0.3) is 0 Å². The summed E-state index contributed by atoms with van der Waals surface area (Å²) in [6.45, 7) is 4.13. The highest BCUT2D eigenvalue weighted by molar-refractivity contribution is 6.00. The van der Waals surface area contributed by atoms with Crippen LogP contribution in [0.15, 0.2) is 30.3 Å². The van der Waals surface area contributed by atoms with Crippen molar-refractivity contribution in [1.82, 2.24) is 0 Å². The van der Waals surface area contributed by atoms with Crippen molar-refractivity contribution in [3.05, 3.63) is 41.5 Å². The number of methoxy groups -OCH3 is 1. The number of ether oxygens (including phenoxy) is 2. The summed E-state index contributed by atoms with van der Waals surface area (Å²) in [5, 5.41) is 12.0. The lowest BCUT2D eigenvalue weighted by molar-refractivity contribution is -0.137. The Bertz CT molecular complexity index is 717. The Morgan fingerprint density at radius 2 is 2.09 bits per heavy atom. The quantitative estimate of drug-likeness (QED) is 0.676. The Kier molecular flexibility index (Phi) is 5.04. The van der Waals surface area contributed by atoms with Gasteiger partial charge in [-0.3, -0.25) is 0 Å². The van der Waals surface area contributed by atoms with E-state index in [0.717, 1.165) is 28.3 Å². The maximum absolute atomic E-state index is 11.5. The van der Waals surface area contributed by atoms with Crippen molar-refractivity contribution < 1.29 is 19.4 Å². The van der Waals surface area contributed by atoms with Crippen molar-refractivity contribution in [3.63, 3.8) is 0 Å². The van der Waals surface area contributed by atoms with Gasteiger partial charge in [-0.05, 0) is 42.0 Å². The van der Waals surface area contributed by atoms with Gasteiger partial charge in [0.2, 0.25) is 0 Å². The smallest absolute Gasteiger partial charge is 0.330 e. The minimum atomic E-state index is -0.394. The number of rotatable bonds is 5. The van der Waals surface area contributed by atoms with E-state index in [1.54, 1.807) is 19.1 Å². The minimum absolute atomic E-state index is 0.128. The molecule has 22 heavy (non-hydrogen) atoms. The molecule has 4 heteroatoms. The number of aromatic hydroxyl groups is 1. The second-order valence-electron chi connectivity index (χ2n) is 4.80. The number of carbonyl (C=O) groups excluding carboxylic acids is 1. The first-order chi connectivity index (χ1) is 10.6. The molecule has 2 aromatic carbocycles. The molecule has 116 valence electrons. The second kappa shape index (κ2) is 6.98. The summed E-state index contributed by atoms with van der Waals surface area (Å²) in [5.41, 5.74) is 1.83. The van der Waals surface area contributed by atoms with Crippen LogP contribution in [0.2, 0.25) is 0 Å². The molecule has 0 unspecified atom stereocenters. The molecule has 1 N–H and O–H groups in total. The third-order valence-corrected chi connectivity index (χ3v) is 3.50.